The Labute approximate surface area is 130 Å². The summed E-state index contributed by atoms with van der Waals surface area (Å²) >= 11 is 1.83. The summed E-state index contributed by atoms with van der Waals surface area (Å²) < 4.78 is 0.252. The van der Waals surface area contributed by atoms with Crippen molar-refractivity contribution in [2.45, 2.75) is 44.3 Å². The molecule has 1 aliphatic rings. The molecular formula is C15H24N4OS. The normalized spacial score (nSPS) is 15.9. The van der Waals surface area contributed by atoms with Crippen molar-refractivity contribution >= 4 is 23.4 Å². The first kappa shape index (κ1) is 16.1. The Kier molecular flexibility index (Phi) is 5.08. The molecule has 2 rings (SSSR count). The number of hydrogen-bond donors (Lipinski definition) is 2. The van der Waals surface area contributed by atoms with E-state index in [4.69, 9.17) is 0 Å². The predicted molar refractivity (Wildman–Crippen MR) is 88.1 cm³/mol. The van der Waals surface area contributed by atoms with E-state index in [1.807, 2.05) is 32.5 Å². The minimum absolute atomic E-state index is 0.115. The van der Waals surface area contributed by atoms with Crippen molar-refractivity contribution in [1.29, 1.82) is 0 Å². The third-order valence-corrected chi connectivity index (χ3v) is 5.14. The van der Waals surface area contributed by atoms with Crippen molar-refractivity contribution in [3.8, 4) is 0 Å². The number of aromatic nitrogens is 2. The van der Waals surface area contributed by atoms with Crippen LogP contribution in [-0.2, 0) is 0 Å². The van der Waals surface area contributed by atoms with E-state index >= 15 is 0 Å². The van der Waals surface area contributed by atoms with Crippen molar-refractivity contribution in [2.75, 3.05) is 24.7 Å². The second kappa shape index (κ2) is 6.64. The molecule has 0 saturated heterocycles. The standard InChI is InChI=1S/C15H24N4OS/c1-5-16-11-8-17-13(10(2)3)19-12(11)14(20)18-9-15(21-4)6-7-15/h8,10,16H,5-7,9H2,1-4H3,(H,18,20). The summed E-state index contributed by atoms with van der Waals surface area (Å²) in [5.41, 5.74) is 1.15. The molecule has 0 aromatic carbocycles. The van der Waals surface area contributed by atoms with Gasteiger partial charge in [-0.1, -0.05) is 13.8 Å². The van der Waals surface area contributed by atoms with Gasteiger partial charge in [-0.05, 0) is 26.0 Å². The Bertz CT molecular complexity index is 514. The number of amides is 1. The summed E-state index contributed by atoms with van der Waals surface area (Å²) in [6.07, 6.45) is 6.16. The highest BCUT2D eigenvalue weighted by molar-refractivity contribution is 8.00. The van der Waals surface area contributed by atoms with Gasteiger partial charge in [-0.3, -0.25) is 4.79 Å². The van der Waals surface area contributed by atoms with Gasteiger partial charge in [0.05, 0.1) is 11.9 Å². The van der Waals surface area contributed by atoms with Crippen molar-refractivity contribution in [3.63, 3.8) is 0 Å². The number of hydrogen-bond acceptors (Lipinski definition) is 5. The van der Waals surface area contributed by atoms with E-state index in [2.05, 4.69) is 26.9 Å². The van der Waals surface area contributed by atoms with Gasteiger partial charge in [0, 0.05) is 23.8 Å². The third-order valence-electron chi connectivity index (χ3n) is 3.72. The van der Waals surface area contributed by atoms with E-state index in [9.17, 15) is 4.79 Å². The molecule has 116 valence electrons. The number of thioether (sulfide) groups is 1. The predicted octanol–water partition coefficient (Wildman–Crippen LogP) is 2.66. The summed E-state index contributed by atoms with van der Waals surface area (Å²) in [6.45, 7) is 7.48. The second-order valence-electron chi connectivity index (χ2n) is 5.75. The summed E-state index contributed by atoms with van der Waals surface area (Å²) in [6, 6.07) is 0. The van der Waals surface area contributed by atoms with E-state index in [0.29, 0.717) is 23.8 Å². The van der Waals surface area contributed by atoms with Gasteiger partial charge >= 0.3 is 0 Å². The van der Waals surface area contributed by atoms with E-state index < -0.39 is 0 Å². The zero-order chi connectivity index (χ0) is 15.5. The maximum atomic E-state index is 12.5. The molecule has 1 fully saturated rings. The summed E-state index contributed by atoms with van der Waals surface area (Å²) in [5.74, 6) is 0.788. The number of anilines is 1. The Hall–Kier alpha value is -1.30. The van der Waals surface area contributed by atoms with Crippen LogP contribution >= 0.6 is 11.8 Å². The highest BCUT2D eigenvalue weighted by Crippen LogP contribution is 2.46. The molecule has 6 heteroatoms. The van der Waals surface area contributed by atoms with Crippen LogP contribution in [0.4, 0.5) is 5.69 Å². The molecule has 5 nitrogen and oxygen atoms in total. The van der Waals surface area contributed by atoms with Crippen LogP contribution in [0.25, 0.3) is 0 Å². The Morgan fingerprint density at radius 2 is 2.19 bits per heavy atom. The van der Waals surface area contributed by atoms with Crippen LogP contribution in [0, 0.1) is 0 Å². The maximum absolute atomic E-state index is 12.5. The molecule has 21 heavy (non-hydrogen) atoms. The van der Waals surface area contributed by atoms with Crippen molar-refractivity contribution in [3.05, 3.63) is 17.7 Å². The van der Waals surface area contributed by atoms with Gasteiger partial charge in [-0.2, -0.15) is 11.8 Å². The topological polar surface area (TPSA) is 66.9 Å². The summed E-state index contributed by atoms with van der Waals surface area (Å²) in [5, 5.41) is 6.19. The minimum atomic E-state index is -0.115. The average molecular weight is 308 g/mol. The molecule has 0 spiro atoms. The summed E-state index contributed by atoms with van der Waals surface area (Å²) in [7, 11) is 0. The molecule has 1 aromatic rings. The molecule has 0 unspecified atom stereocenters. The number of nitrogens with one attached hydrogen (secondary N) is 2. The van der Waals surface area contributed by atoms with Crippen LogP contribution in [0.3, 0.4) is 0 Å². The van der Waals surface area contributed by atoms with Gasteiger partial charge in [0.2, 0.25) is 0 Å². The molecule has 1 heterocycles. The molecule has 0 atom stereocenters. The first-order chi connectivity index (χ1) is 10.0. The minimum Gasteiger partial charge on any atom is -0.382 e. The lowest BCUT2D eigenvalue weighted by Crippen LogP contribution is -2.33. The van der Waals surface area contributed by atoms with Gasteiger partial charge in [0.15, 0.2) is 5.69 Å². The van der Waals surface area contributed by atoms with Gasteiger partial charge < -0.3 is 10.6 Å². The quantitative estimate of drug-likeness (QED) is 0.810. The van der Waals surface area contributed by atoms with Crippen LogP contribution in [-0.4, -0.2) is 40.0 Å². The van der Waals surface area contributed by atoms with Crippen LogP contribution < -0.4 is 10.6 Å². The van der Waals surface area contributed by atoms with Gasteiger partial charge in [0.1, 0.15) is 5.82 Å². The van der Waals surface area contributed by atoms with Crippen molar-refractivity contribution in [1.82, 2.24) is 15.3 Å². The SMILES string of the molecule is CCNc1cnc(C(C)C)nc1C(=O)NCC1(SC)CC1. The van der Waals surface area contributed by atoms with Gasteiger partial charge in [-0.15, -0.1) is 0 Å². The highest BCUT2D eigenvalue weighted by Gasteiger charge is 2.42. The molecule has 1 aromatic heterocycles. The number of nitrogens with zero attached hydrogens (tertiary/aromatic N) is 2. The molecule has 1 amide bonds. The molecule has 0 radical (unpaired) electrons. The Morgan fingerprint density at radius 3 is 2.71 bits per heavy atom. The molecule has 0 aliphatic heterocycles. The Balaban J connectivity index is 2.14. The molecule has 0 bridgehead atoms. The second-order valence-corrected chi connectivity index (χ2v) is 7.02. The number of carbonyl (C=O) groups excluding carboxylic acids is 1. The van der Waals surface area contributed by atoms with E-state index in [0.717, 1.165) is 6.54 Å². The van der Waals surface area contributed by atoms with Gasteiger partial charge in [-0.25, -0.2) is 9.97 Å². The molecule has 1 saturated carbocycles. The van der Waals surface area contributed by atoms with Crippen LogP contribution in [0.15, 0.2) is 6.20 Å². The summed E-state index contributed by atoms with van der Waals surface area (Å²) in [4.78, 5) is 21.2. The largest absolute Gasteiger partial charge is 0.382 e. The zero-order valence-electron chi connectivity index (χ0n) is 13.2. The third kappa shape index (κ3) is 3.87. The Morgan fingerprint density at radius 1 is 1.48 bits per heavy atom. The van der Waals surface area contributed by atoms with Crippen LogP contribution in [0.1, 0.15) is 55.8 Å². The average Bonchev–Trinajstić information content (AvgIpc) is 3.26. The highest BCUT2D eigenvalue weighted by atomic mass is 32.2. The van der Waals surface area contributed by atoms with E-state index in [-0.39, 0.29) is 16.6 Å². The number of carbonyl (C=O) groups is 1. The smallest absolute Gasteiger partial charge is 0.272 e. The molecular weight excluding hydrogens is 284 g/mol. The number of rotatable bonds is 7. The lowest BCUT2D eigenvalue weighted by molar-refractivity contribution is 0.0948. The molecule has 1 aliphatic carbocycles. The fraction of sp³-hybridized carbons (Fsp3) is 0.667. The monoisotopic (exact) mass is 308 g/mol. The first-order valence-electron chi connectivity index (χ1n) is 7.45. The zero-order valence-corrected chi connectivity index (χ0v) is 14.0. The van der Waals surface area contributed by atoms with E-state index in [1.165, 1.54) is 12.8 Å². The fourth-order valence-electron chi connectivity index (χ4n) is 2.08. The fourth-order valence-corrected chi connectivity index (χ4v) is 2.81. The van der Waals surface area contributed by atoms with Crippen LogP contribution in [0.2, 0.25) is 0 Å². The van der Waals surface area contributed by atoms with Crippen LogP contribution in [0.5, 0.6) is 0 Å². The van der Waals surface area contributed by atoms with E-state index in [1.54, 1.807) is 6.20 Å². The lowest BCUT2D eigenvalue weighted by Gasteiger charge is -2.15. The molecule has 2 N–H and O–H groups in total. The maximum Gasteiger partial charge on any atom is 0.272 e. The van der Waals surface area contributed by atoms with Crippen molar-refractivity contribution in [2.24, 2.45) is 0 Å². The van der Waals surface area contributed by atoms with Gasteiger partial charge in [0.25, 0.3) is 5.91 Å². The first-order valence-corrected chi connectivity index (χ1v) is 8.68. The lowest BCUT2D eigenvalue weighted by atomic mass is 10.2. The van der Waals surface area contributed by atoms with Crippen molar-refractivity contribution < 1.29 is 4.79 Å².